The molecule has 0 bridgehead atoms. The van der Waals surface area contributed by atoms with Crippen LogP contribution in [-0.2, 0) is 30.3 Å². The Balaban J connectivity index is 2.21. The molecule has 1 heterocycles. The Kier molecular flexibility index (Phi) is 12.2. The fourth-order valence-electron chi connectivity index (χ4n) is 4.13. The van der Waals surface area contributed by atoms with Crippen LogP contribution in [0.25, 0.3) is 0 Å². The van der Waals surface area contributed by atoms with E-state index in [4.69, 9.17) is 4.74 Å². The summed E-state index contributed by atoms with van der Waals surface area (Å²) in [6.07, 6.45) is 0.733. The second kappa shape index (κ2) is 14.8. The lowest BCUT2D eigenvalue weighted by molar-refractivity contribution is -0.143. The number of phenols is 1. The molecule has 0 radical (unpaired) electrons. The number of carboxylic acids is 1. The Morgan fingerprint density at radius 2 is 1.72 bits per heavy atom. The van der Waals surface area contributed by atoms with E-state index in [0.29, 0.717) is 38.1 Å². The van der Waals surface area contributed by atoms with Crippen LogP contribution < -0.4 is 21.3 Å². The second-order valence-electron chi connectivity index (χ2n) is 11.4. The molecule has 5 atom stereocenters. The lowest BCUT2D eigenvalue weighted by atomic mass is 9.88. The SMILES string of the molecule is CCC(C)C(NC(=O)C(Cc1ccc(O)cc1)NC(=O)[C@@H]1CNCCO1)C(=O)NC(CCC(C)(C)C)C(=O)O. The van der Waals surface area contributed by atoms with Crippen molar-refractivity contribution in [2.24, 2.45) is 11.3 Å². The van der Waals surface area contributed by atoms with E-state index in [2.05, 4.69) is 21.3 Å². The molecule has 1 fully saturated rings. The van der Waals surface area contributed by atoms with Gasteiger partial charge in [-0.2, -0.15) is 0 Å². The van der Waals surface area contributed by atoms with Crippen LogP contribution in [0, 0.1) is 11.3 Å². The van der Waals surface area contributed by atoms with Gasteiger partial charge >= 0.3 is 5.97 Å². The quantitative estimate of drug-likeness (QED) is 0.215. The number of rotatable bonds is 13. The van der Waals surface area contributed by atoms with Crippen molar-refractivity contribution in [3.63, 3.8) is 0 Å². The number of hydrogen-bond donors (Lipinski definition) is 6. The highest BCUT2D eigenvalue weighted by molar-refractivity contribution is 5.94. The number of ether oxygens (including phenoxy) is 1. The van der Waals surface area contributed by atoms with Crippen molar-refractivity contribution in [1.29, 1.82) is 0 Å². The summed E-state index contributed by atoms with van der Waals surface area (Å²) in [6.45, 7) is 10.9. The van der Waals surface area contributed by atoms with Crippen molar-refractivity contribution in [3.8, 4) is 5.75 Å². The van der Waals surface area contributed by atoms with Crippen molar-refractivity contribution in [2.45, 2.75) is 84.5 Å². The Morgan fingerprint density at radius 1 is 1.05 bits per heavy atom. The van der Waals surface area contributed by atoms with Crippen molar-refractivity contribution in [3.05, 3.63) is 29.8 Å². The standard InChI is InChI=1S/C28H44N4O7/c1-6-17(2)23(26(36)30-20(27(37)38)11-12-28(3,4)5)32-24(34)21(15-18-7-9-19(33)10-8-18)31-25(35)22-16-29-13-14-39-22/h7-10,17,20-23,29,33H,6,11-16H2,1-5H3,(H,30,36)(H,31,35)(H,32,34)(H,37,38)/t17?,20?,21?,22-,23?/m0/s1. The third-order valence-corrected chi connectivity index (χ3v) is 6.82. The number of amides is 3. The van der Waals surface area contributed by atoms with E-state index in [-0.39, 0.29) is 29.9 Å². The first-order valence-electron chi connectivity index (χ1n) is 13.5. The van der Waals surface area contributed by atoms with Crippen molar-refractivity contribution in [1.82, 2.24) is 21.3 Å². The Morgan fingerprint density at radius 3 is 2.26 bits per heavy atom. The number of aliphatic carboxylic acids is 1. The van der Waals surface area contributed by atoms with E-state index in [1.165, 1.54) is 12.1 Å². The van der Waals surface area contributed by atoms with Gasteiger partial charge in [0.2, 0.25) is 11.8 Å². The highest BCUT2D eigenvalue weighted by Gasteiger charge is 2.34. The molecule has 1 aromatic rings. The molecule has 0 aromatic heterocycles. The van der Waals surface area contributed by atoms with Crippen LogP contribution in [0.5, 0.6) is 5.75 Å². The minimum atomic E-state index is -1.14. The predicted molar refractivity (Wildman–Crippen MR) is 146 cm³/mol. The summed E-state index contributed by atoms with van der Waals surface area (Å²) in [7, 11) is 0. The first kappa shape index (κ1) is 32.0. The van der Waals surface area contributed by atoms with Gasteiger partial charge in [0, 0.05) is 19.5 Å². The van der Waals surface area contributed by atoms with E-state index in [1.807, 2.05) is 27.7 Å². The fourth-order valence-corrected chi connectivity index (χ4v) is 4.13. The molecule has 0 aliphatic carbocycles. The van der Waals surface area contributed by atoms with Gasteiger partial charge in [-0.15, -0.1) is 0 Å². The van der Waals surface area contributed by atoms with Crippen LogP contribution in [0.2, 0.25) is 0 Å². The number of benzene rings is 1. The molecular weight excluding hydrogens is 504 g/mol. The number of carbonyl (C=O) groups is 4. The summed E-state index contributed by atoms with van der Waals surface area (Å²) in [5, 5.41) is 30.5. The molecule has 4 unspecified atom stereocenters. The summed E-state index contributed by atoms with van der Waals surface area (Å²) in [6, 6.07) is 3.12. The lowest BCUT2D eigenvalue weighted by Gasteiger charge is -2.29. The number of phenolic OH excluding ortho intramolecular Hbond substituents is 1. The molecule has 6 N–H and O–H groups in total. The molecule has 0 saturated carbocycles. The summed E-state index contributed by atoms with van der Waals surface area (Å²) in [5.41, 5.74) is 0.577. The van der Waals surface area contributed by atoms with Crippen molar-refractivity contribution in [2.75, 3.05) is 19.7 Å². The number of morpholine rings is 1. The van der Waals surface area contributed by atoms with Gasteiger partial charge in [0.25, 0.3) is 5.91 Å². The van der Waals surface area contributed by atoms with Crippen molar-refractivity contribution >= 4 is 23.7 Å². The maximum absolute atomic E-state index is 13.5. The van der Waals surface area contributed by atoms with Crippen LogP contribution in [0.4, 0.5) is 0 Å². The van der Waals surface area contributed by atoms with E-state index < -0.39 is 47.9 Å². The molecule has 1 aliphatic heterocycles. The van der Waals surface area contributed by atoms with E-state index >= 15 is 0 Å². The summed E-state index contributed by atoms with van der Waals surface area (Å²) < 4.78 is 5.52. The Hall–Kier alpha value is -3.18. The average molecular weight is 549 g/mol. The molecule has 1 saturated heterocycles. The summed E-state index contributed by atoms with van der Waals surface area (Å²) in [4.78, 5) is 51.5. The molecule has 11 nitrogen and oxygen atoms in total. The average Bonchev–Trinajstić information content (AvgIpc) is 2.89. The van der Waals surface area contributed by atoms with Gasteiger partial charge in [-0.3, -0.25) is 14.4 Å². The third-order valence-electron chi connectivity index (χ3n) is 6.82. The smallest absolute Gasteiger partial charge is 0.326 e. The second-order valence-corrected chi connectivity index (χ2v) is 11.4. The molecule has 2 rings (SSSR count). The molecule has 0 spiro atoms. The molecule has 3 amide bonds. The molecule has 218 valence electrons. The number of nitrogens with one attached hydrogen (secondary N) is 4. The van der Waals surface area contributed by atoms with Gasteiger partial charge in [0.15, 0.2) is 0 Å². The van der Waals surface area contributed by atoms with Crippen LogP contribution in [-0.4, -0.2) is 77.8 Å². The van der Waals surface area contributed by atoms with Crippen LogP contribution in [0.1, 0.15) is 59.4 Å². The van der Waals surface area contributed by atoms with Crippen LogP contribution >= 0.6 is 0 Å². The van der Waals surface area contributed by atoms with E-state index in [9.17, 15) is 29.4 Å². The fraction of sp³-hybridized carbons (Fsp3) is 0.643. The molecule has 39 heavy (non-hydrogen) atoms. The molecular formula is C28H44N4O7. The third kappa shape index (κ3) is 10.8. The van der Waals surface area contributed by atoms with Gasteiger partial charge < -0.3 is 36.2 Å². The van der Waals surface area contributed by atoms with Gasteiger partial charge in [-0.25, -0.2) is 4.79 Å². The zero-order valence-electron chi connectivity index (χ0n) is 23.6. The molecule has 1 aliphatic rings. The zero-order chi connectivity index (χ0) is 29.2. The number of carboxylic acid groups (broad SMARTS) is 1. The zero-order valence-corrected chi connectivity index (χ0v) is 23.6. The predicted octanol–water partition coefficient (Wildman–Crippen LogP) is 1.33. The highest BCUT2D eigenvalue weighted by Crippen LogP contribution is 2.22. The summed E-state index contributed by atoms with van der Waals surface area (Å²) in [5.74, 6) is -3.00. The number of aromatic hydroxyl groups is 1. The Labute approximate surface area is 230 Å². The minimum Gasteiger partial charge on any atom is -0.508 e. The molecule has 11 heteroatoms. The normalized spacial score (nSPS) is 18.7. The number of hydrogen-bond acceptors (Lipinski definition) is 7. The Bertz CT molecular complexity index is 971. The topological polar surface area (TPSA) is 166 Å². The van der Waals surface area contributed by atoms with Gasteiger partial charge in [-0.1, -0.05) is 53.2 Å². The van der Waals surface area contributed by atoms with E-state index in [1.54, 1.807) is 19.1 Å². The lowest BCUT2D eigenvalue weighted by Crippen LogP contribution is -2.59. The summed E-state index contributed by atoms with van der Waals surface area (Å²) >= 11 is 0. The number of carbonyl (C=O) groups excluding carboxylic acids is 3. The maximum Gasteiger partial charge on any atom is 0.326 e. The van der Waals surface area contributed by atoms with E-state index in [0.717, 1.165) is 0 Å². The van der Waals surface area contributed by atoms with Crippen LogP contribution in [0.3, 0.4) is 0 Å². The first-order valence-corrected chi connectivity index (χ1v) is 13.5. The largest absolute Gasteiger partial charge is 0.508 e. The minimum absolute atomic E-state index is 0.0680. The highest BCUT2D eigenvalue weighted by atomic mass is 16.5. The van der Waals surface area contributed by atoms with Gasteiger partial charge in [0.1, 0.15) is 30.0 Å². The van der Waals surface area contributed by atoms with Gasteiger partial charge in [0.05, 0.1) is 6.61 Å². The monoisotopic (exact) mass is 548 g/mol. The maximum atomic E-state index is 13.5. The van der Waals surface area contributed by atoms with Crippen molar-refractivity contribution < 1.29 is 34.1 Å². The van der Waals surface area contributed by atoms with Crippen LogP contribution in [0.15, 0.2) is 24.3 Å². The van der Waals surface area contributed by atoms with Gasteiger partial charge in [-0.05, 0) is 41.9 Å². The molecule has 1 aromatic carbocycles. The first-order chi connectivity index (χ1) is 18.3.